The van der Waals surface area contributed by atoms with Gasteiger partial charge >= 0.3 is 0 Å². The number of anilines is 1. The van der Waals surface area contributed by atoms with Crippen molar-refractivity contribution < 1.29 is 17.9 Å². The molecule has 0 heterocycles. The average Bonchev–Trinajstić information content (AvgIpc) is 2.12. The van der Waals surface area contributed by atoms with Gasteiger partial charge in [-0.25, -0.2) is 12.8 Å². The molecule has 0 aliphatic rings. The Morgan fingerprint density at radius 1 is 1.40 bits per heavy atom. The zero-order chi connectivity index (χ0) is 11.6. The molecule has 0 aliphatic carbocycles. The molecule has 1 rings (SSSR count). The van der Waals surface area contributed by atoms with Crippen LogP contribution in [0.1, 0.15) is 13.8 Å². The molecule has 0 saturated heterocycles. The minimum absolute atomic E-state index is 0.149. The van der Waals surface area contributed by atoms with Gasteiger partial charge in [0, 0.05) is 0 Å². The Balaban J connectivity index is 3.06. The summed E-state index contributed by atoms with van der Waals surface area (Å²) >= 11 is 0. The second-order valence-electron chi connectivity index (χ2n) is 3.33. The smallest absolute Gasteiger partial charge is 0.235 e. The predicted molar refractivity (Wildman–Crippen MR) is 55.7 cm³/mol. The second kappa shape index (κ2) is 4.06. The lowest BCUT2D eigenvalue weighted by Gasteiger charge is -2.11. The number of benzene rings is 1. The van der Waals surface area contributed by atoms with E-state index in [-0.39, 0.29) is 5.69 Å². The van der Waals surface area contributed by atoms with Gasteiger partial charge in [-0.1, -0.05) is 6.07 Å². The molecule has 0 unspecified atom stereocenters. The molecule has 6 heteroatoms. The summed E-state index contributed by atoms with van der Waals surface area (Å²) in [6.45, 7) is 2.97. The van der Waals surface area contributed by atoms with Crippen LogP contribution in [0.2, 0.25) is 0 Å². The van der Waals surface area contributed by atoms with Crippen LogP contribution in [0, 0.1) is 5.82 Å². The van der Waals surface area contributed by atoms with E-state index in [0.717, 1.165) is 6.07 Å². The third-order valence-corrected chi connectivity index (χ3v) is 3.61. The van der Waals surface area contributed by atoms with Crippen LogP contribution in [0.15, 0.2) is 18.2 Å². The first-order valence-corrected chi connectivity index (χ1v) is 5.88. The first-order chi connectivity index (χ1) is 6.84. The lowest BCUT2D eigenvalue weighted by atomic mass is 10.3. The summed E-state index contributed by atoms with van der Waals surface area (Å²) in [6, 6.07) is 3.65. The van der Waals surface area contributed by atoms with Gasteiger partial charge in [-0.2, -0.15) is 0 Å². The van der Waals surface area contributed by atoms with Crippen molar-refractivity contribution in [2.45, 2.75) is 19.1 Å². The van der Waals surface area contributed by atoms with E-state index in [1.807, 2.05) is 0 Å². The van der Waals surface area contributed by atoms with Crippen LogP contribution in [0.25, 0.3) is 0 Å². The number of hydrogen-bond acceptors (Lipinski definition) is 3. The summed E-state index contributed by atoms with van der Waals surface area (Å²) < 4.78 is 37.8. The van der Waals surface area contributed by atoms with Crippen molar-refractivity contribution in [2.75, 3.05) is 4.72 Å². The number of phenolic OH excluding ortho intramolecular Hbond substituents is 1. The van der Waals surface area contributed by atoms with E-state index < -0.39 is 26.8 Å². The molecule has 15 heavy (non-hydrogen) atoms. The van der Waals surface area contributed by atoms with E-state index in [1.54, 1.807) is 0 Å². The number of para-hydroxylation sites is 1. The van der Waals surface area contributed by atoms with Crippen molar-refractivity contribution in [2.24, 2.45) is 0 Å². The largest absolute Gasteiger partial charge is 0.503 e. The molecular weight excluding hydrogens is 221 g/mol. The molecule has 0 radical (unpaired) electrons. The van der Waals surface area contributed by atoms with Crippen molar-refractivity contribution in [3.8, 4) is 5.75 Å². The maximum absolute atomic E-state index is 12.9. The van der Waals surface area contributed by atoms with Crippen LogP contribution in [0.5, 0.6) is 5.75 Å². The average molecular weight is 233 g/mol. The van der Waals surface area contributed by atoms with Crippen molar-refractivity contribution >= 4 is 15.7 Å². The van der Waals surface area contributed by atoms with Crippen molar-refractivity contribution in [1.82, 2.24) is 0 Å². The standard InChI is InChI=1S/C9H12FNO3S/c1-6(2)15(13,14)11-8-5-3-4-7(10)9(8)12/h3-6,11-12H,1-2H3. The third-order valence-electron chi connectivity index (χ3n) is 1.86. The minimum Gasteiger partial charge on any atom is -0.503 e. The lowest BCUT2D eigenvalue weighted by molar-refractivity contribution is 0.435. The molecule has 1 aromatic carbocycles. The van der Waals surface area contributed by atoms with Gasteiger partial charge in [0.1, 0.15) is 0 Å². The highest BCUT2D eigenvalue weighted by Crippen LogP contribution is 2.27. The van der Waals surface area contributed by atoms with Gasteiger partial charge in [0.25, 0.3) is 0 Å². The number of rotatable bonds is 3. The maximum atomic E-state index is 12.9. The highest BCUT2D eigenvalue weighted by Gasteiger charge is 2.18. The Bertz CT molecular complexity index is 456. The van der Waals surface area contributed by atoms with Crippen molar-refractivity contribution in [3.63, 3.8) is 0 Å². The summed E-state index contributed by atoms with van der Waals surface area (Å²) in [5.74, 6) is -1.55. The zero-order valence-electron chi connectivity index (χ0n) is 8.36. The van der Waals surface area contributed by atoms with Gasteiger partial charge in [-0.05, 0) is 26.0 Å². The lowest BCUT2D eigenvalue weighted by Crippen LogP contribution is -2.22. The minimum atomic E-state index is -3.57. The fourth-order valence-corrected chi connectivity index (χ4v) is 1.58. The van der Waals surface area contributed by atoms with Gasteiger partial charge in [-0.15, -0.1) is 0 Å². The molecule has 0 saturated carbocycles. The van der Waals surface area contributed by atoms with E-state index in [9.17, 15) is 17.9 Å². The number of hydrogen-bond donors (Lipinski definition) is 2. The summed E-state index contributed by atoms with van der Waals surface area (Å²) in [6.07, 6.45) is 0. The quantitative estimate of drug-likeness (QED) is 0.780. The molecule has 2 N–H and O–H groups in total. The predicted octanol–water partition coefficient (Wildman–Crippen LogP) is 1.68. The molecule has 84 valence electrons. The molecule has 1 aromatic rings. The number of halogens is 1. The number of sulfonamides is 1. The first-order valence-electron chi connectivity index (χ1n) is 4.33. The normalized spacial score (nSPS) is 11.7. The van der Waals surface area contributed by atoms with Gasteiger partial charge in [0.15, 0.2) is 11.6 Å². The summed E-state index contributed by atoms with van der Waals surface area (Å²) in [4.78, 5) is 0. The molecule has 0 amide bonds. The summed E-state index contributed by atoms with van der Waals surface area (Å²) in [5, 5.41) is 8.59. The zero-order valence-corrected chi connectivity index (χ0v) is 9.18. The van der Waals surface area contributed by atoms with E-state index in [4.69, 9.17) is 0 Å². The fraction of sp³-hybridized carbons (Fsp3) is 0.333. The van der Waals surface area contributed by atoms with Gasteiger partial charge in [0.2, 0.25) is 10.0 Å². The van der Waals surface area contributed by atoms with Crippen LogP contribution in [-0.4, -0.2) is 18.8 Å². The molecule has 0 atom stereocenters. The monoisotopic (exact) mass is 233 g/mol. The van der Waals surface area contributed by atoms with Crippen LogP contribution in [0.4, 0.5) is 10.1 Å². The van der Waals surface area contributed by atoms with E-state index >= 15 is 0 Å². The molecule has 0 bridgehead atoms. The molecular formula is C9H12FNO3S. The number of phenols is 1. The van der Waals surface area contributed by atoms with E-state index in [1.165, 1.54) is 26.0 Å². The van der Waals surface area contributed by atoms with Crippen LogP contribution in [0.3, 0.4) is 0 Å². The van der Waals surface area contributed by atoms with Crippen LogP contribution < -0.4 is 4.72 Å². The topological polar surface area (TPSA) is 66.4 Å². The molecule has 4 nitrogen and oxygen atoms in total. The Kier molecular flexibility index (Phi) is 3.18. The number of nitrogens with one attached hydrogen (secondary N) is 1. The Morgan fingerprint density at radius 3 is 2.53 bits per heavy atom. The van der Waals surface area contributed by atoms with E-state index in [0.29, 0.717) is 0 Å². The molecule has 0 spiro atoms. The Labute approximate surface area is 87.8 Å². The van der Waals surface area contributed by atoms with E-state index in [2.05, 4.69) is 4.72 Å². The summed E-state index contributed by atoms with van der Waals surface area (Å²) in [7, 11) is -3.57. The first kappa shape index (κ1) is 11.8. The molecule has 0 fully saturated rings. The molecule has 0 aliphatic heterocycles. The highest BCUT2D eigenvalue weighted by molar-refractivity contribution is 7.93. The highest BCUT2D eigenvalue weighted by atomic mass is 32.2. The van der Waals surface area contributed by atoms with Gasteiger partial charge in [-0.3, -0.25) is 4.72 Å². The number of aromatic hydroxyl groups is 1. The van der Waals surface area contributed by atoms with Gasteiger partial charge < -0.3 is 5.11 Å². The molecule has 0 aromatic heterocycles. The maximum Gasteiger partial charge on any atom is 0.235 e. The summed E-state index contributed by atoms with van der Waals surface area (Å²) in [5.41, 5.74) is -0.149. The van der Waals surface area contributed by atoms with Crippen molar-refractivity contribution in [1.29, 1.82) is 0 Å². The van der Waals surface area contributed by atoms with Crippen LogP contribution >= 0.6 is 0 Å². The van der Waals surface area contributed by atoms with Gasteiger partial charge in [0.05, 0.1) is 10.9 Å². The Hall–Kier alpha value is -1.30. The fourth-order valence-electron chi connectivity index (χ4n) is 0.869. The third kappa shape index (κ3) is 2.59. The van der Waals surface area contributed by atoms with Crippen LogP contribution in [-0.2, 0) is 10.0 Å². The Morgan fingerprint density at radius 2 is 2.00 bits per heavy atom. The second-order valence-corrected chi connectivity index (χ2v) is 5.57. The van der Waals surface area contributed by atoms with Crippen molar-refractivity contribution in [3.05, 3.63) is 24.0 Å². The SMILES string of the molecule is CC(C)S(=O)(=O)Nc1cccc(F)c1O.